The summed E-state index contributed by atoms with van der Waals surface area (Å²) in [5.74, 6) is -0.556. The van der Waals surface area contributed by atoms with Crippen molar-refractivity contribution in [3.63, 3.8) is 0 Å². The normalized spacial score (nSPS) is 10.5. The van der Waals surface area contributed by atoms with Crippen LogP contribution in [0.5, 0.6) is 0 Å². The molecular weight excluding hydrogens is 356 g/mol. The maximum Gasteiger partial charge on any atom is 0.335 e. The van der Waals surface area contributed by atoms with Crippen molar-refractivity contribution in [1.29, 1.82) is 0 Å². The van der Waals surface area contributed by atoms with Gasteiger partial charge in [-0.3, -0.25) is 9.78 Å². The lowest BCUT2D eigenvalue weighted by molar-refractivity contribution is -0.113. The van der Waals surface area contributed by atoms with Crippen molar-refractivity contribution in [2.24, 2.45) is 7.05 Å². The van der Waals surface area contributed by atoms with Crippen LogP contribution in [0.3, 0.4) is 0 Å². The molecule has 3 aromatic rings. The second kappa shape index (κ2) is 7.74. The third-order valence-electron chi connectivity index (χ3n) is 3.38. The topological polar surface area (TPSA) is 123 Å². The van der Waals surface area contributed by atoms with Gasteiger partial charge in [0.1, 0.15) is 5.69 Å². The molecule has 1 aromatic carbocycles. The Morgan fingerprint density at radius 2 is 1.96 bits per heavy atom. The summed E-state index contributed by atoms with van der Waals surface area (Å²) < 4.78 is 1.74. The summed E-state index contributed by atoms with van der Waals surface area (Å²) in [4.78, 5) is 31.1. The van der Waals surface area contributed by atoms with Gasteiger partial charge in [0.15, 0.2) is 11.0 Å². The highest BCUT2D eigenvalue weighted by Crippen LogP contribution is 2.21. The number of carbonyl (C=O) groups excluding carboxylic acids is 1. The molecule has 2 N–H and O–H groups in total. The SMILES string of the molecule is Cn1c(SCC(=O)Nc2ccc(C(=O)O)cc2)nnc1-c1cnccn1. The predicted molar refractivity (Wildman–Crippen MR) is 94.8 cm³/mol. The summed E-state index contributed by atoms with van der Waals surface area (Å²) in [5.41, 5.74) is 1.28. The van der Waals surface area contributed by atoms with E-state index in [1.54, 1.807) is 42.3 Å². The number of carboxylic acids is 1. The van der Waals surface area contributed by atoms with Crippen molar-refractivity contribution in [3.8, 4) is 11.5 Å². The summed E-state index contributed by atoms with van der Waals surface area (Å²) in [6.45, 7) is 0. The number of nitrogens with one attached hydrogen (secondary N) is 1. The van der Waals surface area contributed by atoms with Gasteiger partial charge in [-0.2, -0.15) is 0 Å². The number of anilines is 1. The third-order valence-corrected chi connectivity index (χ3v) is 4.40. The fraction of sp³-hybridized carbons (Fsp3) is 0.125. The highest BCUT2D eigenvalue weighted by molar-refractivity contribution is 7.99. The van der Waals surface area contributed by atoms with Crippen molar-refractivity contribution in [2.75, 3.05) is 11.1 Å². The van der Waals surface area contributed by atoms with Gasteiger partial charge in [0.25, 0.3) is 0 Å². The zero-order valence-electron chi connectivity index (χ0n) is 13.7. The van der Waals surface area contributed by atoms with E-state index in [2.05, 4.69) is 25.5 Å². The van der Waals surface area contributed by atoms with Crippen LogP contribution >= 0.6 is 11.8 Å². The summed E-state index contributed by atoms with van der Waals surface area (Å²) >= 11 is 1.23. The number of amides is 1. The van der Waals surface area contributed by atoms with Gasteiger partial charge in [0.2, 0.25) is 5.91 Å². The minimum absolute atomic E-state index is 0.132. The summed E-state index contributed by atoms with van der Waals surface area (Å²) in [7, 11) is 1.79. The van der Waals surface area contributed by atoms with Crippen LogP contribution in [0, 0.1) is 0 Å². The van der Waals surface area contributed by atoms with Gasteiger partial charge < -0.3 is 15.0 Å². The summed E-state index contributed by atoms with van der Waals surface area (Å²) in [5, 5.41) is 20.3. The van der Waals surface area contributed by atoms with Gasteiger partial charge in [-0.25, -0.2) is 9.78 Å². The van der Waals surface area contributed by atoms with E-state index in [9.17, 15) is 9.59 Å². The number of aromatic carboxylic acids is 1. The molecule has 2 aromatic heterocycles. The molecule has 0 aliphatic heterocycles. The molecule has 0 unspecified atom stereocenters. The smallest absolute Gasteiger partial charge is 0.335 e. The summed E-state index contributed by atoms with van der Waals surface area (Å²) in [6, 6.07) is 5.95. The molecule has 0 saturated heterocycles. The Labute approximate surface area is 152 Å². The van der Waals surface area contributed by atoms with Crippen molar-refractivity contribution < 1.29 is 14.7 Å². The zero-order chi connectivity index (χ0) is 18.5. The van der Waals surface area contributed by atoms with Gasteiger partial charge in [0.05, 0.1) is 17.5 Å². The predicted octanol–water partition coefficient (Wildman–Crippen LogP) is 1.70. The van der Waals surface area contributed by atoms with Crippen LogP contribution in [0.2, 0.25) is 0 Å². The van der Waals surface area contributed by atoms with Gasteiger partial charge in [-0.1, -0.05) is 11.8 Å². The van der Waals surface area contributed by atoms with E-state index in [-0.39, 0.29) is 17.2 Å². The molecule has 0 fully saturated rings. The van der Waals surface area contributed by atoms with E-state index in [1.807, 2.05) is 0 Å². The molecule has 26 heavy (non-hydrogen) atoms. The molecule has 0 aliphatic carbocycles. The van der Waals surface area contributed by atoms with Gasteiger partial charge in [0, 0.05) is 25.1 Å². The lowest BCUT2D eigenvalue weighted by Gasteiger charge is -2.06. The van der Waals surface area contributed by atoms with Crippen LogP contribution in [-0.2, 0) is 11.8 Å². The second-order valence-corrected chi connectivity index (χ2v) is 6.12. The fourth-order valence-corrected chi connectivity index (χ4v) is 2.81. The molecule has 0 spiro atoms. The quantitative estimate of drug-likeness (QED) is 0.629. The van der Waals surface area contributed by atoms with Crippen LogP contribution in [0.25, 0.3) is 11.5 Å². The van der Waals surface area contributed by atoms with E-state index in [0.29, 0.717) is 22.4 Å². The number of aromatic nitrogens is 5. The molecule has 0 bridgehead atoms. The Hall–Kier alpha value is -3.27. The van der Waals surface area contributed by atoms with Crippen molar-refractivity contribution in [1.82, 2.24) is 24.7 Å². The van der Waals surface area contributed by atoms with Crippen molar-refractivity contribution in [2.45, 2.75) is 5.16 Å². The van der Waals surface area contributed by atoms with Crippen LogP contribution in [0.4, 0.5) is 5.69 Å². The van der Waals surface area contributed by atoms with E-state index < -0.39 is 5.97 Å². The van der Waals surface area contributed by atoms with E-state index in [1.165, 1.54) is 23.9 Å². The second-order valence-electron chi connectivity index (χ2n) is 5.18. The maximum absolute atomic E-state index is 12.1. The molecule has 10 heteroatoms. The molecule has 3 rings (SSSR count). The third kappa shape index (κ3) is 4.03. The van der Waals surface area contributed by atoms with Crippen LogP contribution in [0.1, 0.15) is 10.4 Å². The lowest BCUT2D eigenvalue weighted by atomic mass is 10.2. The molecular formula is C16H14N6O3S. The van der Waals surface area contributed by atoms with Crippen LogP contribution in [0.15, 0.2) is 48.0 Å². The average molecular weight is 370 g/mol. The highest BCUT2D eigenvalue weighted by atomic mass is 32.2. The number of hydrogen-bond acceptors (Lipinski definition) is 7. The Bertz CT molecular complexity index is 927. The monoisotopic (exact) mass is 370 g/mol. The van der Waals surface area contributed by atoms with Crippen LogP contribution in [-0.4, -0.2) is 47.5 Å². The van der Waals surface area contributed by atoms with E-state index in [4.69, 9.17) is 5.11 Å². The molecule has 0 saturated carbocycles. The Morgan fingerprint density at radius 1 is 1.19 bits per heavy atom. The number of nitrogens with zero attached hydrogens (tertiary/aromatic N) is 5. The number of rotatable bonds is 6. The Balaban J connectivity index is 1.60. The fourth-order valence-electron chi connectivity index (χ4n) is 2.10. The molecule has 0 aliphatic rings. The Morgan fingerprint density at radius 3 is 2.62 bits per heavy atom. The average Bonchev–Trinajstić information content (AvgIpc) is 3.02. The first-order chi connectivity index (χ1) is 12.5. The number of benzene rings is 1. The number of thioether (sulfide) groups is 1. The number of carboxylic acid groups (broad SMARTS) is 1. The molecule has 0 radical (unpaired) electrons. The van der Waals surface area contributed by atoms with Crippen LogP contribution < -0.4 is 5.32 Å². The van der Waals surface area contributed by atoms with Crippen molar-refractivity contribution >= 4 is 29.3 Å². The zero-order valence-corrected chi connectivity index (χ0v) is 14.5. The van der Waals surface area contributed by atoms with Gasteiger partial charge in [-0.05, 0) is 24.3 Å². The minimum atomic E-state index is -1.01. The van der Waals surface area contributed by atoms with E-state index in [0.717, 1.165) is 0 Å². The first-order valence-corrected chi connectivity index (χ1v) is 8.45. The maximum atomic E-state index is 12.1. The Kier molecular flexibility index (Phi) is 5.23. The minimum Gasteiger partial charge on any atom is -0.478 e. The first kappa shape index (κ1) is 17.5. The lowest BCUT2D eigenvalue weighted by Crippen LogP contribution is -2.14. The molecule has 132 valence electrons. The molecule has 9 nitrogen and oxygen atoms in total. The molecule has 2 heterocycles. The van der Waals surface area contributed by atoms with E-state index >= 15 is 0 Å². The van der Waals surface area contributed by atoms with Gasteiger partial charge in [-0.15, -0.1) is 10.2 Å². The highest BCUT2D eigenvalue weighted by Gasteiger charge is 2.14. The first-order valence-electron chi connectivity index (χ1n) is 7.46. The standard InChI is InChI=1S/C16H14N6O3S/c1-22-14(12-8-17-6-7-18-12)20-21-16(22)26-9-13(23)19-11-4-2-10(3-5-11)15(24)25/h2-8H,9H2,1H3,(H,19,23)(H,24,25). The van der Waals surface area contributed by atoms with Crippen molar-refractivity contribution in [3.05, 3.63) is 48.4 Å². The summed E-state index contributed by atoms with van der Waals surface area (Å²) in [6.07, 6.45) is 4.73. The molecule has 1 amide bonds. The number of hydrogen-bond donors (Lipinski definition) is 2. The largest absolute Gasteiger partial charge is 0.478 e. The van der Waals surface area contributed by atoms with Gasteiger partial charge >= 0.3 is 5.97 Å². The number of carbonyl (C=O) groups is 2. The molecule has 0 atom stereocenters.